The number of benzene rings is 2. The number of ether oxygens (including phenoxy) is 1. The van der Waals surface area contributed by atoms with E-state index in [1.807, 2.05) is 12.1 Å². The molecule has 256 valence electrons. The third-order valence-electron chi connectivity index (χ3n) is 9.20. The number of carbonyl (C=O) groups is 1. The number of hydrogen-bond acceptors (Lipinski definition) is 8. The number of pyridine rings is 2. The number of rotatable bonds is 9. The van der Waals surface area contributed by atoms with Gasteiger partial charge in [0.05, 0.1) is 12.0 Å². The van der Waals surface area contributed by atoms with E-state index in [9.17, 15) is 17.6 Å². The van der Waals surface area contributed by atoms with Gasteiger partial charge in [-0.1, -0.05) is 43.2 Å². The maximum atomic E-state index is 14.6. The molecule has 12 heteroatoms. The lowest BCUT2D eigenvalue weighted by atomic mass is 9.72. The number of aromatic nitrogens is 2. The second kappa shape index (κ2) is 14.3. The zero-order chi connectivity index (χ0) is 34.8. The summed E-state index contributed by atoms with van der Waals surface area (Å²) in [6.07, 6.45) is 4.71. The molecule has 2 aliphatic rings. The van der Waals surface area contributed by atoms with Gasteiger partial charge < -0.3 is 9.64 Å². The minimum atomic E-state index is -4.22. The molecule has 0 bridgehead atoms. The van der Waals surface area contributed by atoms with Crippen LogP contribution in [0.3, 0.4) is 0 Å². The van der Waals surface area contributed by atoms with Crippen LogP contribution in [0.2, 0.25) is 5.02 Å². The van der Waals surface area contributed by atoms with E-state index in [0.717, 1.165) is 74.8 Å². The van der Waals surface area contributed by atoms with Crippen molar-refractivity contribution in [2.24, 2.45) is 5.41 Å². The first-order valence-electron chi connectivity index (χ1n) is 16.2. The standard InChI is InChI=1S/C37H39ClFN5O4S/c1-37(2)16-14-27(31(23-37)25-4-6-28(38)7-5-25)24-43-18-20-44(21-19-43)29-8-10-30(11-9-29)49(46,47)42-36(45)33-13-12-32(39)35(41-33)26-15-17-40-34(22-26)48-3/h4-13,15,17,22H,14,16,18-21,23-24H2,1-3H3,(H,42,45). The molecular formula is C37H39ClFN5O4S. The van der Waals surface area contributed by atoms with Crippen LogP contribution in [-0.4, -0.2) is 69.0 Å². The number of nitrogens with zero attached hydrogens (tertiary/aromatic N) is 4. The Kier molecular flexibility index (Phi) is 10.1. The highest BCUT2D eigenvalue weighted by atomic mass is 35.5. The zero-order valence-electron chi connectivity index (χ0n) is 27.7. The van der Waals surface area contributed by atoms with Crippen LogP contribution in [-0.2, 0) is 10.0 Å². The van der Waals surface area contributed by atoms with Crippen molar-refractivity contribution in [2.75, 3.05) is 44.7 Å². The van der Waals surface area contributed by atoms with Crippen molar-refractivity contribution in [1.29, 1.82) is 0 Å². The van der Waals surface area contributed by atoms with Gasteiger partial charge in [0.15, 0.2) is 0 Å². The van der Waals surface area contributed by atoms with Crippen molar-refractivity contribution in [3.8, 4) is 17.1 Å². The van der Waals surface area contributed by atoms with E-state index in [0.29, 0.717) is 5.56 Å². The summed E-state index contributed by atoms with van der Waals surface area (Å²) < 4.78 is 48.0. The average Bonchev–Trinajstić information content (AvgIpc) is 3.09. The third-order valence-corrected chi connectivity index (χ3v) is 10.8. The minimum absolute atomic E-state index is 0.0636. The highest BCUT2D eigenvalue weighted by molar-refractivity contribution is 7.90. The summed E-state index contributed by atoms with van der Waals surface area (Å²) in [4.78, 5) is 25.7. The molecule has 0 unspecified atom stereocenters. The van der Waals surface area contributed by atoms with Crippen molar-refractivity contribution in [1.82, 2.24) is 19.6 Å². The average molecular weight is 704 g/mol. The fourth-order valence-corrected chi connectivity index (χ4v) is 7.49. The van der Waals surface area contributed by atoms with Crippen LogP contribution >= 0.6 is 11.6 Å². The van der Waals surface area contributed by atoms with Gasteiger partial charge >= 0.3 is 0 Å². The van der Waals surface area contributed by atoms with E-state index < -0.39 is 21.7 Å². The molecule has 1 saturated heterocycles. The highest BCUT2D eigenvalue weighted by Crippen LogP contribution is 2.43. The van der Waals surface area contributed by atoms with Gasteiger partial charge in [0, 0.05) is 61.3 Å². The number of allylic oxidation sites excluding steroid dienone is 1. The monoisotopic (exact) mass is 703 g/mol. The lowest BCUT2D eigenvalue weighted by molar-refractivity contribution is 0.0976. The molecule has 2 aromatic heterocycles. The SMILES string of the molecule is COc1cc(-c2nc(C(=O)NS(=O)(=O)c3ccc(N4CCN(CC5=C(c6ccc(Cl)cc6)CC(C)(C)CC5)CC4)cc3)ccc2F)ccn1. The summed E-state index contributed by atoms with van der Waals surface area (Å²) >= 11 is 6.18. The van der Waals surface area contributed by atoms with Gasteiger partial charge in [-0.05, 0) is 90.4 Å². The number of nitrogens with one attached hydrogen (secondary N) is 1. The summed E-state index contributed by atoms with van der Waals surface area (Å²) in [5.41, 5.74) is 5.30. The Morgan fingerprint density at radius 1 is 0.980 bits per heavy atom. The van der Waals surface area contributed by atoms with Crippen LogP contribution in [0.25, 0.3) is 16.8 Å². The summed E-state index contributed by atoms with van der Waals surface area (Å²) in [5.74, 6) is -1.41. The summed E-state index contributed by atoms with van der Waals surface area (Å²) in [7, 11) is -2.80. The normalized spacial score (nSPS) is 16.8. The largest absolute Gasteiger partial charge is 0.481 e. The maximum Gasteiger partial charge on any atom is 0.283 e. The second-order valence-electron chi connectivity index (χ2n) is 13.2. The first-order chi connectivity index (χ1) is 23.4. The predicted octanol–water partition coefficient (Wildman–Crippen LogP) is 6.85. The fourth-order valence-electron chi connectivity index (χ4n) is 6.41. The number of halogens is 2. The van der Waals surface area contributed by atoms with Crippen molar-refractivity contribution in [2.45, 2.75) is 38.0 Å². The summed E-state index contributed by atoms with van der Waals surface area (Å²) in [6.45, 7) is 8.98. The van der Waals surface area contributed by atoms with Crippen LogP contribution in [0.15, 0.2) is 89.5 Å². The molecule has 1 aliphatic carbocycles. The Morgan fingerprint density at radius 3 is 2.39 bits per heavy atom. The van der Waals surface area contributed by atoms with E-state index in [1.165, 1.54) is 54.3 Å². The molecule has 6 rings (SSSR count). The van der Waals surface area contributed by atoms with E-state index in [4.69, 9.17) is 16.3 Å². The third kappa shape index (κ3) is 8.12. The van der Waals surface area contributed by atoms with Gasteiger partial charge in [0.2, 0.25) is 5.88 Å². The van der Waals surface area contributed by atoms with Crippen molar-refractivity contribution in [3.63, 3.8) is 0 Å². The molecule has 49 heavy (non-hydrogen) atoms. The Bertz CT molecular complexity index is 1980. The topological polar surface area (TPSA) is 105 Å². The number of anilines is 1. The lowest BCUT2D eigenvalue weighted by Crippen LogP contribution is -2.47. The Balaban J connectivity index is 1.08. The quantitative estimate of drug-likeness (QED) is 0.202. The van der Waals surface area contributed by atoms with Crippen LogP contribution in [0.4, 0.5) is 10.1 Å². The molecule has 2 aromatic carbocycles. The highest BCUT2D eigenvalue weighted by Gasteiger charge is 2.29. The van der Waals surface area contributed by atoms with E-state index >= 15 is 0 Å². The van der Waals surface area contributed by atoms with Gasteiger partial charge in [-0.25, -0.2) is 27.5 Å². The first-order valence-corrected chi connectivity index (χ1v) is 18.1. The molecular weight excluding hydrogens is 665 g/mol. The zero-order valence-corrected chi connectivity index (χ0v) is 29.3. The fraction of sp³-hybridized carbons (Fsp3) is 0.324. The molecule has 9 nitrogen and oxygen atoms in total. The number of amides is 1. The Hall–Kier alpha value is -4.32. The second-order valence-corrected chi connectivity index (χ2v) is 15.4. The molecule has 1 aliphatic heterocycles. The molecule has 1 amide bonds. The molecule has 3 heterocycles. The lowest BCUT2D eigenvalue weighted by Gasteiger charge is -2.39. The van der Waals surface area contributed by atoms with Crippen LogP contribution in [0, 0.1) is 11.2 Å². The molecule has 4 aromatic rings. The van der Waals surface area contributed by atoms with E-state index in [1.54, 1.807) is 12.1 Å². The van der Waals surface area contributed by atoms with Crippen molar-refractivity contribution < 1.29 is 22.3 Å². The summed E-state index contributed by atoms with van der Waals surface area (Å²) in [6, 6.07) is 19.8. The van der Waals surface area contributed by atoms with E-state index in [-0.39, 0.29) is 27.6 Å². The number of hydrogen-bond donors (Lipinski definition) is 1. The predicted molar refractivity (Wildman–Crippen MR) is 190 cm³/mol. The first kappa shape index (κ1) is 34.5. The van der Waals surface area contributed by atoms with Gasteiger partial charge in [0.25, 0.3) is 15.9 Å². The smallest absolute Gasteiger partial charge is 0.283 e. The molecule has 0 radical (unpaired) electrons. The van der Waals surface area contributed by atoms with Gasteiger partial charge in [-0.3, -0.25) is 9.69 Å². The summed E-state index contributed by atoms with van der Waals surface area (Å²) in [5, 5.41) is 0.743. The van der Waals surface area contributed by atoms with Gasteiger partial charge in [-0.15, -0.1) is 0 Å². The molecule has 0 saturated carbocycles. The number of sulfonamides is 1. The Labute approximate surface area is 291 Å². The molecule has 1 fully saturated rings. The van der Waals surface area contributed by atoms with Gasteiger partial charge in [0.1, 0.15) is 17.2 Å². The van der Waals surface area contributed by atoms with Crippen LogP contribution in [0.5, 0.6) is 5.88 Å². The Morgan fingerprint density at radius 2 is 1.69 bits per heavy atom. The molecule has 1 N–H and O–H groups in total. The van der Waals surface area contributed by atoms with Crippen LogP contribution in [0.1, 0.15) is 49.2 Å². The van der Waals surface area contributed by atoms with Crippen molar-refractivity contribution in [3.05, 3.63) is 107 Å². The van der Waals surface area contributed by atoms with Crippen LogP contribution < -0.4 is 14.4 Å². The molecule has 0 atom stereocenters. The van der Waals surface area contributed by atoms with E-state index in [2.05, 4.69) is 50.5 Å². The number of methoxy groups -OCH3 is 1. The number of piperazine rings is 1. The number of carbonyl (C=O) groups excluding carboxylic acids is 1. The minimum Gasteiger partial charge on any atom is -0.481 e. The molecule has 0 spiro atoms. The van der Waals surface area contributed by atoms with Gasteiger partial charge in [-0.2, -0.15) is 0 Å². The van der Waals surface area contributed by atoms with Crippen molar-refractivity contribution >= 4 is 38.8 Å². The maximum absolute atomic E-state index is 14.6.